The lowest BCUT2D eigenvalue weighted by Crippen LogP contribution is -2.26. The number of H-pyrrole nitrogens is 1. The molecule has 750 valence electrons. The van der Waals surface area contributed by atoms with Gasteiger partial charge in [-0.1, -0.05) is 124 Å². The van der Waals surface area contributed by atoms with Crippen molar-refractivity contribution in [2.24, 2.45) is 7.05 Å². The van der Waals surface area contributed by atoms with Crippen LogP contribution >= 0.6 is 0 Å². The third kappa shape index (κ3) is 23.5. The molecule has 0 radical (unpaired) electrons. The molecule has 3 N–H and O–H groups in total. The number of nitrogens with zero attached hydrogens (tertiary/aromatic N) is 10. The second-order valence-electron chi connectivity index (χ2n) is 36.9. The van der Waals surface area contributed by atoms with Gasteiger partial charge in [0, 0.05) is 153 Å². The van der Waals surface area contributed by atoms with Gasteiger partial charge in [-0.3, -0.25) is 19.1 Å². The Morgan fingerprint density at radius 1 is 0.455 bits per heavy atom. The zero-order valence-electron chi connectivity index (χ0n) is 84.4. The lowest BCUT2D eigenvalue weighted by Gasteiger charge is -2.23. The van der Waals surface area contributed by atoms with Gasteiger partial charge in [0.1, 0.15) is 87.9 Å². The van der Waals surface area contributed by atoms with Gasteiger partial charge in [0.25, 0.3) is 0 Å². The molecule has 7 aliphatic rings. The number of aromatic nitrogens is 11. The quantitative estimate of drug-likeness (QED) is 0.0249. The van der Waals surface area contributed by atoms with Crippen molar-refractivity contribution in [1.82, 2.24) is 60.0 Å². The molecule has 0 unspecified atom stereocenters. The highest BCUT2D eigenvalue weighted by atomic mass is 19.1. The molecular formula is C116H124FN13O15. The summed E-state index contributed by atoms with van der Waals surface area (Å²) in [7, 11) is 13.3. The van der Waals surface area contributed by atoms with Gasteiger partial charge in [-0.15, -0.1) is 0 Å². The minimum atomic E-state index is -0.363. The predicted octanol–water partition coefficient (Wildman–Crippen LogP) is 22.0. The number of carbonyl (C=O) groups is 4. The van der Waals surface area contributed by atoms with Crippen molar-refractivity contribution < 1.29 is 75.7 Å². The third-order valence-electron chi connectivity index (χ3n) is 27.5. The van der Waals surface area contributed by atoms with Crippen molar-refractivity contribution in [3.05, 3.63) is 307 Å². The average Bonchev–Trinajstić information content (AvgIpc) is 1.66. The van der Waals surface area contributed by atoms with E-state index < -0.39 is 0 Å². The van der Waals surface area contributed by atoms with E-state index in [-0.39, 0.29) is 53.6 Å². The van der Waals surface area contributed by atoms with E-state index in [1.165, 1.54) is 26.0 Å². The molecule has 145 heavy (non-hydrogen) atoms. The van der Waals surface area contributed by atoms with Crippen molar-refractivity contribution in [2.75, 3.05) is 68.2 Å². The van der Waals surface area contributed by atoms with Crippen molar-refractivity contribution in [3.8, 4) is 63.4 Å². The SMILES string of the molecule is C=C(NC)c1ccc(-c2c[nH]c3nc(Nc4ccnn4C)nc(OC4CCOCC4)c23)cc1.CCC(=O)c1ccc(Cc2nc3c(c(OC4CCCC4)n2)C(c2ccc(C(=O)OC)cc2)=CC3)c(OC)c1.CCC(=O)c1ccc(Cc2nc3c(c(OC4CCCC4)n2)C(c2ccc(F)cc2C)=CC3)c(OC)c1.CCC(=O)c1ccc(Cc2nc3c(c(OC4CCCC4)n2)C(c2ccc(OC)cc2OC)=CC3)c(OC)c1. The molecule has 0 spiro atoms. The van der Waals surface area contributed by atoms with Crippen LogP contribution < -0.4 is 53.3 Å². The maximum absolute atomic E-state index is 13.8. The van der Waals surface area contributed by atoms with Crippen LogP contribution in [0.15, 0.2) is 183 Å². The first-order valence-corrected chi connectivity index (χ1v) is 50.1. The molecule has 0 amide bonds. The summed E-state index contributed by atoms with van der Waals surface area (Å²) in [4.78, 5) is 90.8. The van der Waals surface area contributed by atoms with Gasteiger partial charge in [0.05, 0.1) is 107 Å². The lowest BCUT2D eigenvalue weighted by molar-refractivity contribution is 0.0244. The Bertz CT molecular complexity index is 7040. The number of esters is 1. The smallest absolute Gasteiger partial charge is 0.337 e. The number of aryl methyl sites for hydroxylation is 2. The van der Waals surface area contributed by atoms with Crippen LogP contribution in [0.2, 0.25) is 0 Å². The standard InChI is InChI=1S/C31H34N2O5.C31H32N2O5.C30H31FN2O3.C24H27N7O2/c1-5-26(34)19-10-11-20(27(16-19)36-3)17-29-32-25-15-14-24(23-13-12-22(35-2)18-28(23)37-4)30(25)31(33-29)38-21-8-6-7-9-21;1-4-26(34)21-13-14-22(27(17-21)36-2)18-28-32-25-16-15-24(19-9-11-20(12-10-19)31(35)37-3)29(25)30(33-28)38-23-7-5-6-8-23;1-4-26(34)19-9-10-20(27(16-19)35-3)17-28-32-25-14-13-24(23-12-11-21(31)15-18(23)2)29(25)30(33-28)36-22-7-5-6-8-22;1-15(25-2)16-4-6-17(7-5-16)19-14-26-22-21(19)23(33-18-9-12-32-13-10-18)30-24(29-22)28-20-8-11-27-31(20)3/h10-14,16,18,21H,5-9,15,17H2,1-4H3;9-15,17,23H,4-8,16,18H2,1-3H3;9-13,15-16,22H,4-8,14,17H2,1-3H3;4-8,11,14,18,25H,1,9-10,12-13H2,2-3H3,(H2,26,28,29,30). The van der Waals surface area contributed by atoms with E-state index in [0.29, 0.717) is 163 Å². The summed E-state index contributed by atoms with van der Waals surface area (Å²) in [6, 6.07) is 44.9. The number of allylic oxidation sites excluding steroid dienone is 3. The molecule has 1 saturated heterocycles. The number of hydrogen-bond donors (Lipinski definition) is 3. The van der Waals surface area contributed by atoms with Crippen LogP contribution in [-0.2, 0) is 55.0 Å². The number of methoxy groups -OCH3 is 6. The summed E-state index contributed by atoms with van der Waals surface area (Å²) in [6.07, 6.45) is 30.1. The number of benzene rings is 7. The first kappa shape index (κ1) is 101. The van der Waals surface area contributed by atoms with E-state index in [2.05, 4.69) is 57.7 Å². The Morgan fingerprint density at radius 3 is 1.33 bits per heavy atom. The summed E-state index contributed by atoms with van der Waals surface area (Å²) in [5.74, 6) is 8.65. The van der Waals surface area contributed by atoms with Crippen molar-refractivity contribution in [1.29, 1.82) is 0 Å². The van der Waals surface area contributed by atoms with E-state index in [4.69, 9.17) is 92.0 Å². The highest BCUT2D eigenvalue weighted by molar-refractivity contribution is 6.00. The number of anilines is 2. The van der Waals surface area contributed by atoms with Gasteiger partial charge in [0.2, 0.25) is 29.5 Å². The van der Waals surface area contributed by atoms with Gasteiger partial charge >= 0.3 is 5.97 Å². The van der Waals surface area contributed by atoms with E-state index in [1.807, 2.05) is 139 Å². The average molecular weight is 1960 g/mol. The van der Waals surface area contributed by atoms with Gasteiger partial charge in [0.15, 0.2) is 17.3 Å². The van der Waals surface area contributed by atoms with Crippen LogP contribution in [0.25, 0.3) is 44.6 Å². The fourth-order valence-corrected chi connectivity index (χ4v) is 19.6. The number of ether oxygens (including phenoxy) is 11. The van der Waals surface area contributed by atoms with Gasteiger partial charge in [-0.2, -0.15) is 30.0 Å². The minimum Gasteiger partial charge on any atom is -0.497 e. The predicted molar refractivity (Wildman–Crippen MR) is 555 cm³/mol. The first-order chi connectivity index (χ1) is 70.6. The third-order valence-corrected chi connectivity index (χ3v) is 27.5. The fourth-order valence-electron chi connectivity index (χ4n) is 19.6. The van der Waals surface area contributed by atoms with Crippen LogP contribution in [0.3, 0.4) is 0 Å². The molecule has 20 rings (SSSR count). The molecule has 6 aliphatic carbocycles. The molecule has 29 heteroatoms. The Balaban J connectivity index is 0.000000133. The Kier molecular flexibility index (Phi) is 32.7. The maximum Gasteiger partial charge on any atom is 0.337 e. The zero-order chi connectivity index (χ0) is 101. The van der Waals surface area contributed by atoms with E-state index in [0.717, 1.165) is 212 Å². The molecule has 3 saturated carbocycles. The number of aromatic amines is 1. The van der Waals surface area contributed by atoms with Crippen LogP contribution in [0.1, 0.15) is 267 Å². The summed E-state index contributed by atoms with van der Waals surface area (Å²) < 4.78 is 79.8. The number of Topliss-reactive ketones (excluding diaryl/α,β-unsaturated/α-hetero) is 3. The van der Waals surface area contributed by atoms with E-state index in [9.17, 15) is 23.6 Å². The van der Waals surface area contributed by atoms with Crippen molar-refractivity contribution in [3.63, 3.8) is 0 Å². The van der Waals surface area contributed by atoms with Crippen LogP contribution in [0, 0.1) is 12.7 Å². The molecule has 0 atom stereocenters. The van der Waals surface area contributed by atoms with Gasteiger partial charge < -0.3 is 67.7 Å². The molecule has 7 aromatic carbocycles. The molecule has 28 nitrogen and oxygen atoms in total. The molecule has 4 fully saturated rings. The largest absolute Gasteiger partial charge is 0.497 e. The normalized spacial score (nSPS) is 14.7. The molecule has 6 aromatic heterocycles. The lowest BCUT2D eigenvalue weighted by atomic mass is 9.97. The topological polar surface area (TPSA) is 331 Å². The van der Waals surface area contributed by atoms with Crippen molar-refractivity contribution in [2.45, 2.75) is 200 Å². The summed E-state index contributed by atoms with van der Waals surface area (Å²) in [6.45, 7) is 12.9. The number of fused-ring (bicyclic) bond motifs is 4. The van der Waals surface area contributed by atoms with E-state index >= 15 is 0 Å². The number of hydrogen-bond acceptors (Lipinski definition) is 26. The Labute approximate surface area is 844 Å². The fraction of sp³-hybridized carbons (Fsp3) is 0.353. The molecule has 13 aromatic rings. The second kappa shape index (κ2) is 46.9. The number of rotatable bonds is 34. The minimum absolute atomic E-state index is 0.0467. The monoisotopic (exact) mass is 1960 g/mol. The number of nitrogens with one attached hydrogen (secondary N) is 3. The molecule has 7 heterocycles. The molecule has 1 aliphatic heterocycles. The first-order valence-electron chi connectivity index (χ1n) is 50.1. The van der Waals surface area contributed by atoms with Crippen LogP contribution in [0.4, 0.5) is 16.2 Å². The molecular weight excluding hydrogens is 1830 g/mol. The van der Waals surface area contributed by atoms with Gasteiger partial charge in [-0.25, -0.2) is 24.1 Å². The van der Waals surface area contributed by atoms with Gasteiger partial charge in [-0.05, 0) is 183 Å². The summed E-state index contributed by atoms with van der Waals surface area (Å²) >= 11 is 0. The number of ketones is 3. The van der Waals surface area contributed by atoms with E-state index in [1.54, 1.807) is 82.8 Å². The number of halogens is 1. The second-order valence-corrected chi connectivity index (χ2v) is 36.9. The summed E-state index contributed by atoms with van der Waals surface area (Å²) in [5, 5.41) is 11.4. The zero-order valence-corrected chi connectivity index (χ0v) is 84.4. The Morgan fingerprint density at radius 2 is 0.890 bits per heavy atom. The molecule has 0 bridgehead atoms. The Hall–Kier alpha value is -15.3. The van der Waals surface area contributed by atoms with Crippen molar-refractivity contribution >= 4 is 68.5 Å². The maximum atomic E-state index is 13.8. The highest BCUT2D eigenvalue weighted by Gasteiger charge is 2.35. The summed E-state index contributed by atoms with van der Waals surface area (Å²) in [5.41, 5.74) is 22.2. The number of carbonyl (C=O) groups excluding carboxylic acids is 4. The van der Waals surface area contributed by atoms with Crippen LogP contribution in [0.5, 0.6) is 52.3 Å². The van der Waals surface area contributed by atoms with Crippen LogP contribution in [-0.4, -0.2) is 165 Å². The highest BCUT2D eigenvalue weighted by Crippen LogP contribution is 2.47.